The molecule has 1 N–H and O–H groups in total. The molecule has 5 nitrogen and oxygen atoms in total. The first-order valence-corrected chi connectivity index (χ1v) is 9.97. The molecule has 0 spiro atoms. The van der Waals surface area contributed by atoms with E-state index >= 15 is 0 Å². The predicted octanol–water partition coefficient (Wildman–Crippen LogP) is 4.91. The number of nitrogens with zero attached hydrogens (tertiary/aromatic N) is 1. The number of rotatable bonds is 2. The maximum atomic E-state index is 13.1. The quantitative estimate of drug-likeness (QED) is 0.603. The van der Waals surface area contributed by atoms with E-state index < -0.39 is 5.91 Å². The first-order valence-electron chi connectivity index (χ1n) is 9.59. The monoisotopic (exact) mass is 416 g/mol. The average molecular weight is 417 g/mol. The number of fused-ring (bicyclic) bond motifs is 2. The molecular formula is C24H17ClN2O3. The van der Waals surface area contributed by atoms with Crippen LogP contribution in [-0.2, 0) is 11.2 Å². The highest BCUT2D eigenvalue weighted by molar-refractivity contribution is 6.32. The average Bonchev–Trinajstić information content (AvgIpc) is 3.19. The molecule has 0 bridgehead atoms. The van der Waals surface area contributed by atoms with Crippen molar-refractivity contribution >= 4 is 40.9 Å². The molecule has 0 unspecified atom stereocenters. The first kappa shape index (κ1) is 18.5. The highest BCUT2D eigenvalue weighted by atomic mass is 35.5. The lowest BCUT2D eigenvalue weighted by atomic mass is 10.1. The normalized spacial score (nSPS) is 16.0. The lowest BCUT2D eigenvalue weighted by Gasteiger charge is -2.22. The number of halogens is 1. The second kappa shape index (κ2) is 7.35. The van der Waals surface area contributed by atoms with Crippen LogP contribution in [0.2, 0.25) is 5.02 Å². The van der Waals surface area contributed by atoms with E-state index in [1.807, 2.05) is 36.4 Å². The Morgan fingerprint density at radius 1 is 1.07 bits per heavy atom. The van der Waals surface area contributed by atoms with E-state index in [4.69, 9.17) is 16.3 Å². The molecule has 5 rings (SSSR count). The van der Waals surface area contributed by atoms with Gasteiger partial charge in [0.05, 0.1) is 5.69 Å². The number of ether oxygens (including phenoxy) is 1. The summed E-state index contributed by atoms with van der Waals surface area (Å²) in [5, 5.41) is 3.34. The molecule has 30 heavy (non-hydrogen) atoms. The molecule has 0 aromatic heterocycles. The Hall–Kier alpha value is -3.57. The largest absolute Gasteiger partial charge is 0.449 e. The van der Waals surface area contributed by atoms with Crippen molar-refractivity contribution < 1.29 is 14.3 Å². The number of amides is 2. The van der Waals surface area contributed by atoms with Crippen LogP contribution in [0, 0.1) is 0 Å². The Kier molecular flexibility index (Phi) is 4.52. The summed E-state index contributed by atoms with van der Waals surface area (Å²) < 4.78 is 5.79. The summed E-state index contributed by atoms with van der Waals surface area (Å²) >= 11 is 6.17. The SMILES string of the molecule is O=C1Nc2cc(C(=O)N3CCc4ccccc43)ccc2OC1=Cc1ccccc1Cl. The second-order valence-electron chi connectivity index (χ2n) is 7.13. The van der Waals surface area contributed by atoms with Crippen LogP contribution in [0.5, 0.6) is 5.75 Å². The van der Waals surface area contributed by atoms with Crippen molar-refractivity contribution in [2.24, 2.45) is 0 Å². The second-order valence-corrected chi connectivity index (χ2v) is 7.54. The summed E-state index contributed by atoms with van der Waals surface area (Å²) in [6, 6.07) is 20.2. The number of anilines is 2. The standard InChI is InChI=1S/C24H17ClN2O3/c25-18-7-3-1-6-16(18)14-22-23(28)26-19-13-17(9-10-21(19)30-22)24(29)27-12-11-15-5-2-4-8-20(15)27/h1-10,13-14H,11-12H2,(H,26,28). The molecule has 6 heteroatoms. The highest BCUT2D eigenvalue weighted by Gasteiger charge is 2.28. The van der Waals surface area contributed by atoms with E-state index in [1.54, 1.807) is 41.3 Å². The van der Waals surface area contributed by atoms with E-state index in [2.05, 4.69) is 5.32 Å². The van der Waals surface area contributed by atoms with E-state index in [0.29, 0.717) is 34.1 Å². The van der Waals surface area contributed by atoms with Crippen molar-refractivity contribution in [2.75, 3.05) is 16.8 Å². The van der Waals surface area contributed by atoms with Gasteiger partial charge in [-0.05, 0) is 54.0 Å². The van der Waals surface area contributed by atoms with Crippen molar-refractivity contribution in [3.8, 4) is 5.75 Å². The zero-order valence-corrected chi connectivity index (χ0v) is 16.6. The Balaban J connectivity index is 1.42. The van der Waals surface area contributed by atoms with Crippen molar-refractivity contribution in [1.29, 1.82) is 0 Å². The van der Waals surface area contributed by atoms with Crippen molar-refractivity contribution in [1.82, 2.24) is 0 Å². The Morgan fingerprint density at radius 2 is 1.87 bits per heavy atom. The molecule has 2 amide bonds. The fourth-order valence-electron chi connectivity index (χ4n) is 3.73. The van der Waals surface area contributed by atoms with E-state index in [1.165, 1.54) is 0 Å². The van der Waals surface area contributed by atoms with Crippen LogP contribution in [0.3, 0.4) is 0 Å². The van der Waals surface area contributed by atoms with Gasteiger partial charge in [-0.15, -0.1) is 0 Å². The molecular weight excluding hydrogens is 400 g/mol. The van der Waals surface area contributed by atoms with Crippen LogP contribution in [-0.4, -0.2) is 18.4 Å². The molecule has 0 radical (unpaired) electrons. The topological polar surface area (TPSA) is 58.6 Å². The predicted molar refractivity (Wildman–Crippen MR) is 117 cm³/mol. The van der Waals surface area contributed by atoms with Crippen molar-refractivity contribution in [3.05, 3.63) is 94.2 Å². The molecule has 0 aliphatic carbocycles. The lowest BCUT2D eigenvalue weighted by Crippen LogP contribution is -2.29. The summed E-state index contributed by atoms with van der Waals surface area (Å²) in [5.41, 5.74) is 3.75. The molecule has 2 aliphatic rings. The van der Waals surface area contributed by atoms with E-state index in [-0.39, 0.29) is 11.7 Å². The number of carbonyl (C=O) groups is 2. The molecule has 3 aromatic carbocycles. The van der Waals surface area contributed by atoms with E-state index in [0.717, 1.165) is 17.7 Å². The highest BCUT2D eigenvalue weighted by Crippen LogP contribution is 2.35. The van der Waals surface area contributed by atoms with Crippen molar-refractivity contribution in [2.45, 2.75) is 6.42 Å². The van der Waals surface area contributed by atoms with Crippen molar-refractivity contribution in [3.63, 3.8) is 0 Å². The van der Waals surface area contributed by atoms with Crippen LogP contribution in [0.25, 0.3) is 6.08 Å². The van der Waals surface area contributed by atoms with Gasteiger partial charge in [-0.1, -0.05) is 48.0 Å². The maximum absolute atomic E-state index is 13.1. The maximum Gasteiger partial charge on any atom is 0.291 e. The van der Waals surface area contributed by atoms with Crippen LogP contribution in [0.4, 0.5) is 11.4 Å². The Bertz CT molecular complexity index is 1220. The summed E-state index contributed by atoms with van der Waals surface area (Å²) in [6.07, 6.45) is 2.43. The van der Waals surface area contributed by atoms with Gasteiger partial charge < -0.3 is 15.0 Å². The minimum absolute atomic E-state index is 0.102. The zero-order valence-electron chi connectivity index (χ0n) is 15.9. The van der Waals surface area contributed by atoms with E-state index in [9.17, 15) is 9.59 Å². The van der Waals surface area contributed by atoms with Gasteiger partial charge >= 0.3 is 0 Å². The lowest BCUT2D eigenvalue weighted by molar-refractivity contribution is -0.115. The Morgan fingerprint density at radius 3 is 2.73 bits per heavy atom. The van der Waals surface area contributed by atoms with Gasteiger partial charge in [-0.2, -0.15) is 0 Å². The van der Waals surface area contributed by atoms with Gasteiger partial charge in [0.15, 0.2) is 11.5 Å². The summed E-state index contributed by atoms with van der Waals surface area (Å²) in [4.78, 5) is 27.4. The first-order chi connectivity index (χ1) is 14.6. The van der Waals surface area contributed by atoms with Crippen LogP contribution in [0.1, 0.15) is 21.5 Å². The Labute approximate surface area is 178 Å². The molecule has 0 atom stereocenters. The molecule has 2 heterocycles. The third-order valence-corrected chi connectivity index (χ3v) is 5.59. The molecule has 0 fully saturated rings. The molecule has 0 saturated heterocycles. The molecule has 148 valence electrons. The number of nitrogens with one attached hydrogen (secondary N) is 1. The number of para-hydroxylation sites is 1. The van der Waals surface area contributed by atoms with Gasteiger partial charge in [0.2, 0.25) is 0 Å². The number of hydrogen-bond donors (Lipinski definition) is 1. The van der Waals surface area contributed by atoms with Crippen LogP contribution < -0.4 is 15.0 Å². The van der Waals surface area contributed by atoms with Crippen LogP contribution in [0.15, 0.2) is 72.5 Å². The minimum Gasteiger partial charge on any atom is -0.449 e. The third-order valence-electron chi connectivity index (χ3n) is 5.24. The summed E-state index contributed by atoms with van der Waals surface area (Å²) in [7, 11) is 0. The minimum atomic E-state index is -0.390. The smallest absolute Gasteiger partial charge is 0.291 e. The van der Waals surface area contributed by atoms with Gasteiger partial charge in [0.1, 0.15) is 0 Å². The van der Waals surface area contributed by atoms with Gasteiger partial charge in [0, 0.05) is 22.8 Å². The molecule has 2 aliphatic heterocycles. The third kappa shape index (κ3) is 3.23. The van der Waals surface area contributed by atoms with Gasteiger partial charge in [-0.3, -0.25) is 9.59 Å². The molecule has 0 saturated carbocycles. The summed E-state index contributed by atoms with van der Waals surface area (Å²) in [5.74, 6) is 0.127. The van der Waals surface area contributed by atoms with Crippen LogP contribution >= 0.6 is 11.6 Å². The number of carbonyl (C=O) groups excluding carboxylic acids is 2. The van der Waals surface area contributed by atoms with Gasteiger partial charge in [0.25, 0.3) is 11.8 Å². The zero-order chi connectivity index (χ0) is 20.7. The fourth-order valence-corrected chi connectivity index (χ4v) is 3.92. The summed E-state index contributed by atoms with van der Waals surface area (Å²) in [6.45, 7) is 0.642. The molecule has 3 aromatic rings. The fraction of sp³-hybridized carbons (Fsp3) is 0.0833. The number of hydrogen-bond acceptors (Lipinski definition) is 3. The van der Waals surface area contributed by atoms with Gasteiger partial charge in [-0.25, -0.2) is 0 Å². The number of benzene rings is 3.